The topological polar surface area (TPSA) is 52.6 Å². The summed E-state index contributed by atoms with van der Waals surface area (Å²) in [6.45, 7) is 1.57. The van der Waals surface area contributed by atoms with Crippen molar-refractivity contribution in [3.8, 4) is 0 Å². The Hall–Kier alpha value is -1.52. The van der Waals surface area contributed by atoms with Gasteiger partial charge in [-0.05, 0) is 25.1 Å². The highest BCUT2D eigenvalue weighted by molar-refractivity contribution is 6.36. The Balaban J connectivity index is 2.11. The minimum Gasteiger partial charge on any atom is -0.418 e. The first-order valence-corrected chi connectivity index (χ1v) is 5.78. The highest BCUT2D eigenvalue weighted by Gasteiger charge is 2.26. The molecule has 0 aliphatic carbocycles. The number of halogens is 2. The molecule has 1 heterocycles. The summed E-state index contributed by atoms with van der Waals surface area (Å²) in [4.78, 5) is 22.9. The molecule has 6 heteroatoms. The molecule has 0 aromatic heterocycles. The van der Waals surface area contributed by atoms with Crippen LogP contribution in [-0.4, -0.2) is 18.2 Å². The lowest BCUT2D eigenvalue weighted by Crippen LogP contribution is -2.18. The zero-order chi connectivity index (χ0) is 13.3. The lowest BCUT2D eigenvalue weighted by molar-refractivity contribution is -0.151. The molecule has 18 heavy (non-hydrogen) atoms. The van der Waals surface area contributed by atoms with Crippen LogP contribution in [0.5, 0.6) is 0 Å². The lowest BCUT2D eigenvalue weighted by atomic mass is 10.2. The van der Waals surface area contributed by atoms with Crippen LogP contribution in [0.1, 0.15) is 17.3 Å². The van der Waals surface area contributed by atoms with Crippen molar-refractivity contribution in [3.63, 3.8) is 0 Å². The third kappa shape index (κ3) is 2.66. The molecule has 94 valence electrons. The second kappa shape index (κ2) is 5.00. The van der Waals surface area contributed by atoms with Crippen LogP contribution in [0, 0.1) is 0 Å². The molecule has 0 spiro atoms. The summed E-state index contributed by atoms with van der Waals surface area (Å²) in [7, 11) is 0. The first-order valence-electron chi connectivity index (χ1n) is 5.03. The van der Waals surface area contributed by atoms with Crippen molar-refractivity contribution in [1.82, 2.24) is 0 Å². The number of carbonyl (C=O) groups excluding carboxylic acids is 2. The number of hydrogen-bond donors (Lipinski definition) is 0. The van der Waals surface area contributed by atoms with E-state index in [0.717, 1.165) is 0 Å². The third-order valence-electron chi connectivity index (χ3n) is 2.31. The smallest absolute Gasteiger partial charge is 0.342 e. The first-order chi connectivity index (χ1) is 8.47. The zero-order valence-electron chi connectivity index (χ0n) is 9.28. The summed E-state index contributed by atoms with van der Waals surface area (Å²) >= 11 is 11.6. The van der Waals surface area contributed by atoms with E-state index >= 15 is 0 Å². The molecule has 1 aromatic rings. The van der Waals surface area contributed by atoms with Crippen molar-refractivity contribution in [2.45, 2.75) is 13.2 Å². The summed E-state index contributed by atoms with van der Waals surface area (Å²) in [5, 5.41) is 0.595. The van der Waals surface area contributed by atoms with Crippen LogP contribution < -0.4 is 0 Å². The van der Waals surface area contributed by atoms with Crippen molar-refractivity contribution in [2.24, 2.45) is 0 Å². The summed E-state index contributed by atoms with van der Waals surface area (Å²) in [6.07, 6.45) is 0.418. The fourth-order valence-electron chi connectivity index (χ4n) is 1.39. The van der Waals surface area contributed by atoms with Crippen LogP contribution in [0.3, 0.4) is 0 Å². The van der Waals surface area contributed by atoms with Crippen molar-refractivity contribution in [2.75, 3.05) is 0 Å². The Labute approximate surface area is 113 Å². The molecule has 1 aliphatic rings. The Kier molecular flexibility index (Phi) is 3.59. The van der Waals surface area contributed by atoms with E-state index in [2.05, 4.69) is 0 Å². The van der Waals surface area contributed by atoms with Crippen LogP contribution >= 0.6 is 23.2 Å². The van der Waals surface area contributed by atoms with Crippen LogP contribution in [0.25, 0.3) is 0 Å². The Bertz CT molecular complexity index is 551. The molecular formula is C12H8Cl2O4. The molecule has 4 nitrogen and oxygen atoms in total. The van der Waals surface area contributed by atoms with Gasteiger partial charge in [-0.3, -0.25) is 0 Å². The maximum atomic E-state index is 11.8. The monoisotopic (exact) mass is 286 g/mol. The first kappa shape index (κ1) is 12.9. The standard InChI is InChI=1S/C12H8Cl2O4/c1-6-4-10(17-11(6)15)18-12(16)8-3-2-7(13)5-9(8)14/h2-5,10H,1H3. The highest BCUT2D eigenvalue weighted by atomic mass is 35.5. The average Bonchev–Trinajstić information content (AvgIpc) is 2.57. The number of hydrogen-bond acceptors (Lipinski definition) is 4. The van der Waals surface area contributed by atoms with Gasteiger partial charge < -0.3 is 9.47 Å². The number of carbonyl (C=O) groups is 2. The van der Waals surface area contributed by atoms with Gasteiger partial charge in [0.1, 0.15) is 0 Å². The third-order valence-corrected chi connectivity index (χ3v) is 2.85. The van der Waals surface area contributed by atoms with Gasteiger partial charge in [0.05, 0.1) is 10.6 Å². The minimum absolute atomic E-state index is 0.162. The van der Waals surface area contributed by atoms with Crippen molar-refractivity contribution in [3.05, 3.63) is 45.5 Å². The molecule has 0 fully saturated rings. The maximum Gasteiger partial charge on any atom is 0.342 e. The molecule has 0 amide bonds. The fourth-order valence-corrected chi connectivity index (χ4v) is 1.87. The number of ether oxygens (including phenoxy) is 2. The lowest BCUT2D eigenvalue weighted by Gasteiger charge is -2.10. The van der Waals surface area contributed by atoms with Crippen molar-refractivity contribution in [1.29, 1.82) is 0 Å². The Morgan fingerprint density at radius 1 is 1.39 bits per heavy atom. The van der Waals surface area contributed by atoms with E-state index in [0.29, 0.717) is 10.6 Å². The molecular weight excluding hydrogens is 279 g/mol. The number of rotatable bonds is 2. The molecule has 1 unspecified atom stereocenters. The minimum atomic E-state index is -1.00. The molecule has 1 atom stereocenters. The van der Waals surface area contributed by atoms with Gasteiger partial charge in [0, 0.05) is 16.7 Å². The van der Waals surface area contributed by atoms with Crippen LogP contribution in [0.2, 0.25) is 10.0 Å². The SMILES string of the molecule is CC1=CC(OC(=O)c2ccc(Cl)cc2Cl)OC1=O. The van der Waals surface area contributed by atoms with Crippen LogP contribution in [0.4, 0.5) is 0 Å². The fraction of sp³-hybridized carbons (Fsp3) is 0.167. The van der Waals surface area contributed by atoms with E-state index in [9.17, 15) is 9.59 Å². The van der Waals surface area contributed by atoms with E-state index < -0.39 is 18.2 Å². The molecule has 0 N–H and O–H groups in total. The summed E-state index contributed by atoms with van der Waals surface area (Å²) in [6, 6.07) is 4.40. The summed E-state index contributed by atoms with van der Waals surface area (Å²) in [5.74, 6) is -1.18. The van der Waals surface area contributed by atoms with Gasteiger partial charge in [0.2, 0.25) is 0 Å². The Morgan fingerprint density at radius 2 is 2.11 bits per heavy atom. The molecule has 1 aliphatic heterocycles. The highest BCUT2D eigenvalue weighted by Crippen LogP contribution is 2.23. The van der Waals surface area contributed by atoms with E-state index in [-0.39, 0.29) is 10.6 Å². The Morgan fingerprint density at radius 3 is 2.67 bits per heavy atom. The number of benzene rings is 1. The van der Waals surface area contributed by atoms with Gasteiger partial charge in [0.25, 0.3) is 6.29 Å². The van der Waals surface area contributed by atoms with E-state index in [1.165, 1.54) is 24.3 Å². The second-order valence-corrected chi connectivity index (χ2v) is 4.50. The zero-order valence-corrected chi connectivity index (χ0v) is 10.8. The van der Waals surface area contributed by atoms with E-state index in [4.69, 9.17) is 32.7 Å². The van der Waals surface area contributed by atoms with Crippen molar-refractivity contribution < 1.29 is 19.1 Å². The predicted molar refractivity (Wildman–Crippen MR) is 65.5 cm³/mol. The van der Waals surface area contributed by atoms with Gasteiger partial charge in [-0.15, -0.1) is 0 Å². The number of cyclic esters (lactones) is 1. The number of esters is 2. The van der Waals surface area contributed by atoms with Gasteiger partial charge in [0.15, 0.2) is 0 Å². The van der Waals surface area contributed by atoms with Crippen LogP contribution in [0.15, 0.2) is 29.8 Å². The van der Waals surface area contributed by atoms with Crippen LogP contribution in [-0.2, 0) is 14.3 Å². The van der Waals surface area contributed by atoms with Gasteiger partial charge >= 0.3 is 11.9 Å². The largest absolute Gasteiger partial charge is 0.418 e. The summed E-state index contributed by atoms with van der Waals surface area (Å²) in [5.41, 5.74) is 0.560. The van der Waals surface area contributed by atoms with Gasteiger partial charge in [-0.2, -0.15) is 0 Å². The van der Waals surface area contributed by atoms with E-state index in [1.54, 1.807) is 6.92 Å². The molecule has 0 saturated heterocycles. The average molecular weight is 287 g/mol. The normalized spacial score (nSPS) is 18.3. The van der Waals surface area contributed by atoms with E-state index in [1.807, 2.05) is 0 Å². The molecule has 0 bridgehead atoms. The quantitative estimate of drug-likeness (QED) is 0.785. The molecule has 0 radical (unpaired) electrons. The molecule has 2 rings (SSSR count). The second-order valence-electron chi connectivity index (χ2n) is 3.65. The molecule has 0 saturated carbocycles. The van der Waals surface area contributed by atoms with Gasteiger partial charge in [-0.25, -0.2) is 9.59 Å². The van der Waals surface area contributed by atoms with Gasteiger partial charge in [-0.1, -0.05) is 23.2 Å². The maximum absolute atomic E-state index is 11.8. The van der Waals surface area contributed by atoms with Crippen molar-refractivity contribution >= 4 is 35.1 Å². The predicted octanol–water partition coefficient (Wildman–Crippen LogP) is 2.98. The molecule has 1 aromatic carbocycles. The summed E-state index contributed by atoms with van der Waals surface area (Å²) < 4.78 is 9.76.